The topological polar surface area (TPSA) is 72.6 Å². The zero-order chi connectivity index (χ0) is 15.5. The van der Waals surface area contributed by atoms with Crippen LogP contribution in [0.15, 0.2) is 23.1 Å². The van der Waals surface area contributed by atoms with Crippen molar-refractivity contribution in [3.05, 3.63) is 23.8 Å². The van der Waals surface area contributed by atoms with Gasteiger partial charge in [-0.1, -0.05) is 13.0 Å². The minimum absolute atomic E-state index is 0.225. The highest BCUT2D eigenvalue weighted by molar-refractivity contribution is 7.89. The van der Waals surface area contributed by atoms with Crippen LogP contribution in [0.5, 0.6) is 5.75 Å². The molecular formula is C15H24N2O3S. The molecule has 1 aromatic carbocycles. The molecule has 1 aliphatic rings. The Bertz CT molecular complexity index is 587. The summed E-state index contributed by atoms with van der Waals surface area (Å²) in [7, 11) is -2.04. The lowest BCUT2D eigenvalue weighted by molar-refractivity contribution is 0.390. The predicted octanol–water partition coefficient (Wildman–Crippen LogP) is 1.96. The maximum absolute atomic E-state index is 12.9. The summed E-state index contributed by atoms with van der Waals surface area (Å²) in [6.45, 7) is 3.62. The quantitative estimate of drug-likeness (QED) is 0.922. The first-order chi connectivity index (χ1) is 9.98. The van der Waals surface area contributed by atoms with Gasteiger partial charge in [-0.2, -0.15) is 4.31 Å². The summed E-state index contributed by atoms with van der Waals surface area (Å²) in [4.78, 5) is 0.225. The van der Waals surface area contributed by atoms with Gasteiger partial charge in [0.05, 0.1) is 7.11 Å². The van der Waals surface area contributed by atoms with E-state index in [0.717, 1.165) is 24.8 Å². The molecule has 1 atom stereocenters. The van der Waals surface area contributed by atoms with Gasteiger partial charge in [0, 0.05) is 19.6 Å². The maximum atomic E-state index is 12.9. The lowest BCUT2D eigenvalue weighted by atomic mass is 10.0. The van der Waals surface area contributed by atoms with E-state index in [9.17, 15) is 8.42 Å². The molecule has 0 radical (unpaired) electrons. The second kappa shape index (κ2) is 6.77. The van der Waals surface area contributed by atoms with E-state index in [4.69, 9.17) is 10.5 Å². The number of hydrogen-bond donors (Lipinski definition) is 1. The standard InChI is InChI=1S/C15H24N2O3S/c1-12-4-3-8-17(9-7-12)21(18,19)15-10-13(11-16)5-6-14(15)20-2/h5-6,10,12H,3-4,7-9,11,16H2,1-2H3. The van der Waals surface area contributed by atoms with Crippen molar-refractivity contribution < 1.29 is 13.2 Å². The smallest absolute Gasteiger partial charge is 0.246 e. The van der Waals surface area contributed by atoms with E-state index in [1.807, 2.05) is 0 Å². The van der Waals surface area contributed by atoms with Gasteiger partial charge in [0.25, 0.3) is 0 Å². The Balaban J connectivity index is 2.38. The van der Waals surface area contributed by atoms with Crippen LogP contribution in [-0.2, 0) is 16.6 Å². The Kier molecular flexibility index (Phi) is 5.24. The number of benzene rings is 1. The molecule has 1 heterocycles. The fourth-order valence-corrected chi connectivity index (χ4v) is 4.37. The van der Waals surface area contributed by atoms with E-state index in [1.165, 1.54) is 7.11 Å². The molecule has 2 rings (SSSR count). The van der Waals surface area contributed by atoms with Crippen molar-refractivity contribution in [2.24, 2.45) is 11.7 Å². The second-order valence-electron chi connectivity index (χ2n) is 5.63. The van der Waals surface area contributed by atoms with Crippen molar-refractivity contribution in [1.29, 1.82) is 0 Å². The number of rotatable bonds is 4. The molecule has 1 unspecified atom stereocenters. The van der Waals surface area contributed by atoms with Crippen LogP contribution >= 0.6 is 0 Å². The fourth-order valence-electron chi connectivity index (χ4n) is 2.67. The number of hydrogen-bond acceptors (Lipinski definition) is 4. The first-order valence-electron chi connectivity index (χ1n) is 7.36. The lowest BCUT2D eigenvalue weighted by Gasteiger charge is -2.21. The van der Waals surface area contributed by atoms with Crippen molar-refractivity contribution in [2.75, 3.05) is 20.2 Å². The molecule has 1 aromatic rings. The van der Waals surface area contributed by atoms with E-state index in [2.05, 4.69) is 6.92 Å². The molecule has 0 amide bonds. The highest BCUT2D eigenvalue weighted by Crippen LogP contribution is 2.30. The number of sulfonamides is 1. The van der Waals surface area contributed by atoms with Crippen LogP contribution in [0.4, 0.5) is 0 Å². The molecule has 1 fully saturated rings. The van der Waals surface area contributed by atoms with Crippen LogP contribution in [0.2, 0.25) is 0 Å². The third-order valence-corrected chi connectivity index (χ3v) is 5.98. The summed E-state index contributed by atoms with van der Waals surface area (Å²) < 4.78 is 32.6. The van der Waals surface area contributed by atoms with Gasteiger partial charge in [-0.15, -0.1) is 0 Å². The molecule has 6 heteroatoms. The monoisotopic (exact) mass is 312 g/mol. The van der Waals surface area contributed by atoms with Crippen LogP contribution in [-0.4, -0.2) is 32.9 Å². The Hall–Kier alpha value is -1.11. The Labute approximate surface area is 127 Å². The number of methoxy groups -OCH3 is 1. The van der Waals surface area contributed by atoms with Crippen LogP contribution in [0.1, 0.15) is 31.7 Å². The highest BCUT2D eigenvalue weighted by Gasteiger charge is 2.29. The third kappa shape index (κ3) is 3.56. The zero-order valence-electron chi connectivity index (χ0n) is 12.7. The van der Waals surface area contributed by atoms with Crippen molar-refractivity contribution in [3.8, 4) is 5.75 Å². The summed E-state index contributed by atoms with van der Waals surface area (Å²) in [5.74, 6) is 0.951. The fraction of sp³-hybridized carbons (Fsp3) is 0.600. The average Bonchev–Trinajstić information content (AvgIpc) is 2.71. The average molecular weight is 312 g/mol. The molecule has 0 saturated carbocycles. The van der Waals surface area contributed by atoms with Gasteiger partial charge in [0.1, 0.15) is 10.6 Å². The van der Waals surface area contributed by atoms with Gasteiger partial charge in [-0.3, -0.25) is 0 Å². The van der Waals surface area contributed by atoms with Gasteiger partial charge in [0.15, 0.2) is 0 Å². The van der Waals surface area contributed by atoms with Gasteiger partial charge in [-0.05, 0) is 42.9 Å². The molecule has 21 heavy (non-hydrogen) atoms. The first-order valence-corrected chi connectivity index (χ1v) is 8.80. The second-order valence-corrected chi connectivity index (χ2v) is 7.54. The van der Waals surface area contributed by atoms with Crippen molar-refractivity contribution in [2.45, 2.75) is 37.6 Å². The Morgan fingerprint density at radius 1 is 1.33 bits per heavy atom. The van der Waals surface area contributed by atoms with E-state index < -0.39 is 10.0 Å². The number of nitrogens with zero attached hydrogens (tertiary/aromatic N) is 1. The minimum Gasteiger partial charge on any atom is -0.495 e. The molecule has 0 aliphatic carbocycles. The van der Waals surface area contributed by atoms with E-state index >= 15 is 0 Å². The maximum Gasteiger partial charge on any atom is 0.246 e. The SMILES string of the molecule is COc1ccc(CN)cc1S(=O)(=O)N1CCCC(C)CC1. The molecule has 0 aromatic heterocycles. The first kappa shape index (κ1) is 16.3. The summed E-state index contributed by atoms with van der Waals surface area (Å²) in [5, 5.41) is 0. The molecule has 118 valence electrons. The van der Waals surface area contributed by atoms with Crippen LogP contribution in [0, 0.1) is 5.92 Å². The van der Waals surface area contributed by atoms with E-state index in [-0.39, 0.29) is 4.90 Å². The molecule has 2 N–H and O–H groups in total. The van der Waals surface area contributed by atoms with Crippen molar-refractivity contribution >= 4 is 10.0 Å². The lowest BCUT2D eigenvalue weighted by Crippen LogP contribution is -2.32. The van der Waals surface area contributed by atoms with Crippen molar-refractivity contribution in [1.82, 2.24) is 4.31 Å². The van der Waals surface area contributed by atoms with Gasteiger partial charge in [-0.25, -0.2) is 8.42 Å². The Morgan fingerprint density at radius 3 is 2.76 bits per heavy atom. The summed E-state index contributed by atoms with van der Waals surface area (Å²) in [5.41, 5.74) is 6.42. The molecule has 1 saturated heterocycles. The predicted molar refractivity (Wildman–Crippen MR) is 82.7 cm³/mol. The van der Waals surface area contributed by atoms with Gasteiger partial charge < -0.3 is 10.5 Å². The molecule has 0 spiro atoms. The van der Waals surface area contributed by atoms with Crippen LogP contribution in [0.3, 0.4) is 0 Å². The highest BCUT2D eigenvalue weighted by atomic mass is 32.2. The van der Waals surface area contributed by atoms with Gasteiger partial charge >= 0.3 is 0 Å². The van der Waals surface area contributed by atoms with Crippen molar-refractivity contribution in [3.63, 3.8) is 0 Å². The number of nitrogens with two attached hydrogens (primary N) is 1. The van der Waals surface area contributed by atoms with E-state index in [1.54, 1.807) is 22.5 Å². The summed E-state index contributed by atoms with van der Waals surface area (Å²) in [6.07, 6.45) is 2.88. The molecule has 1 aliphatic heterocycles. The van der Waals surface area contributed by atoms with Gasteiger partial charge in [0.2, 0.25) is 10.0 Å². The molecular weight excluding hydrogens is 288 g/mol. The molecule has 5 nitrogen and oxygen atoms in total. The summed E-state index contributed by atoms with van der Waals surface area (Å²) in [6, 6.07) is 5.10. The zero-order valence-corrected chi connectivity index (χ0v) is 13.5. The number of ether oxygens (including phenoxy) is 1. The largest absolute Gasteiger partial charge is 0.495 e. The van der Waals surface area contributed by atoms with E-state index in [0.29, 0.717) is 31.3 Å². The Morgan fingerprint density at radius 2 is 2.10 bits per heavy atom. The normalized spacial score (nSPS) is 21.0. The minimum atomic E-state index is -3.53. The van der Waals surface area contributed by atoms with Crippen LogP contribution < -0.4 is 10.5 Å². The van der Waals surface area contributed by atoms with Crippen LogP contribution in [0.25, 0.3) is 0 Å². The summed E-state index contributed by atoms with van der Waals surface area (Å²) >= 11 is 0. The molecule has 0 bridgehead atoms. The third-order valence-electron chi connectivity index (χ3n) is 4.06.